The summed E-state index contributed by atoms with van der Waals surface area (Å²) in [5, 5.41) is 8.01. The van der Waals surface area contributed by atoms with Crippen molar-refractivity contribution in [1.29, 1.82) is 0 Å². The van der Waals surface area contributed by atoms with Crippen molar-refractivity contribution in [2.75, 3.05) is 0 Å². The lowest BCUT2D eigenvalue weighted by atomic mass is 10.1. The van der Waals surface area contributed by atoms with E-state index in [2.05, 4.69) is 24.2 Å². The monoisotopic (exact) mass is 250 g/mol. The quantitative estimate of drug-likeness (QED) is 0.801. The van der Waals surface area contributed by atoms with Gasteiger partial charge in [-0.05, 0) is 31.1 Å². The van der Waals surface area contributed by atoms with Crippen molar-refractivity contribution < 1.29 is 4.79 Å². The highest BCUT2D eigenvalue weighted by Crippen LogP contribution is 2.32. The Bertz CT molecular complexity index is 421. The van der Waals surface area contributed by atoms with Crippen LogP contribution in [-0.4, -0.2) is 20.9 Å². The van der Waals surface area contributed by atoms with E-state index in [0.717, 1.165) is 37.4 Å². The molecule has 0 radical (unpaired) electrons. The number of amides is 1. The number of aryl methyl sites for hydroxylation is 1. The Balaban J connectivity index is 2.07. The first kappa shape index (κ1) is 13.1. The Labute approximate surface area is 108 Å². The molecule has 1 aromatic heterocycles. The minimum atomic E-state index is -0.466. The summed E-state index contributed by atoms with van der Waals surface area (Å²) in [6, 6.07) is 0. The van der Waals surface area contributed by atoms with Crippen LogP contribution in [0.2, 0.25) is 0 Å². The van der Waals surface area contributed by atoms with E-state index in [4.69, 9.17) is 5.73 Å². The number of hydrogen-bond donors (Lipinski definition) is 1. The average molecular weight is 250 g/mol. The summed E-state index contributed by atoms with van der Waals surface area (Å²) in [6.45, 7) is 5.20. The molecular formula is C13H22N4O. The van der Waals surface area contributed by atoms with Crippen LogP contribution >= 0.6 is 0 Å². The van der Waals surface area contributed by atoms with Gasteiger partial charge in [0.05, 0.1) is 5.69 Å². The molecule has 100 valence electrons. The SMILES string of the molecule is CC(C)CCc1c(C(N)=O)nnn1CCC1CC1. The fraction of sp³-hybridized carbons (Fsp3) is 0.769. The van der Waals surface area contributed by atoms with Crippen LogP contribution in [0.15, 0.2) is 0 Å². The Hall–Kier alpha value is -1.39. The van der Waals surface area contributed by atoms with E-state index in [1.54, 1.807) is 0 Å². The number of aromatic nitrogens is 3. The summed E-state index contributed by atoms with van der Waals surface area (Å²) in [4.78, 5) is 11.3. The van der Waals surface area contributed by atoms with E-state index < -0.39 is 5.91 Å². The van der Waals surface area contributed by atoms with Gasteiger partial charge in [-0.3, -0.25) is 4.79 Å². The van der Waals surface area contributed by atoms with E-state index in [0.29, 0.717) is 11.6 Å². The van der Waals surface area contributed by atoms with Gasteiger partial charge < -0.3 is 5.73 Å². The van der Waals surface area contributed by atoms with Crippen LogP contribution in [0.4, 0.5) is 0 Å². The third kappa shape index (κ3) is 3.31. The number of rotatable bonds is 7. The molecular weight excluding hydrogens is 228 g/mol. The highest BCUT2D eigenvalue weighted by Gasteiger charge is 2.23. The third-order valence-corrected chi connectivity index (χ3v) is 3.48. The van der Waals surface area contributed by atoms with Gasteiger partial charge in [-0.15, -0.1) is 5.10 Å². The maximum absolute atomic E-state index is 11.3. The summed E-state index contributed by atoms with van der Waals surface area (Å²) >= 11 is 0. The van der Waals surface area contributed by atoms with Crippen LogP contribution in [0.3, 0.4) is 0 Å². The number of nitrogens with two attached hydrogens (primary N) is 1. The zero-order chi connectivity index (χ0) is 13.1. The van der Waals surface area contributed by atoms with Gasteiger partial charge in [0.15, 0.2) is 5.69 Å². The largest absolute Gasteiger partial charge is 0.364 e. The summed E-state index contributed by atoms with van der Waals surface area (Å²) < 4.78 is 1.88. The number of carbonyl (C=O) groups is 1. The van der Waals surface area contributed by atoms with Crippen LogP contribution in [0.25, 0.3) is 0 Å². The molecule has 0 unspecified atom stereocenters. The van der Waals surface area contributed by atoms with Gasteiger partial charge in [-0.1, -0.05) is 31.9 Å². The Morgan fingerprint density at radius 2 is 2.22 bits per heavy atom. The van der Waals surface area contributed by atoms with Crippen molar-refractivity contribution in [3.05, 3.63) is 11.4 Å². The van der Waals surface area contributed by atoms with Crippen molar-refractivity contribution in [3.63, 3.8) is 0 Å². The molecule has 0 aromatic carbocycles. The number of primary amides is 1. The molecule has 5 heteroatoms. The van der Waals surface area contributed by atoms with E-state index in [1.807, 2.05) is 4.68 Å². The van der Waals surface area contributed by atoms with Gasteiger partial charge >= 0.3 is 0 Å². The van der Waals surface area contributed by atoms with E-state index in [1.165, 1.54) is 12.8 Å². The molecule has 1 heterocycles. The normalized spacial score (nSPS) is 15.3. The van der Waals surface area contributed by atoms with Gasteiger partial charge in [0.25, 0.3) is 5.91 Å². The van der Waals surface area contributed by atoms with Crippen LogP contribution in [-0.2, 0) is 13.0 Å². The van der Waals surface area contributed by atoms with Crippen LogP contribution in [0.1, 0.15) is 55.7 Å². The molecule has 0 bridgehead atoms. The van der Waals surface area contributed by atoms with Crippen molar-refractivity contribution in [1.82, 2.24) is 15.0 Å². The zero-order valence-corrected chi connectivity index (χ0v) is 11.2. The molecule has 18 heavy (non-hydrogen) atoms. The zero-order valence-electron chi connectivity index (χ0n) is 11.2. The second kappa shape index (κ2) is 5.50. The van der Waals surface area contributed by atoms with E-state index >= 15 is 0 Å². The third-order valence-electron chi connectivity index (χ3n) is 3.48. The fourth-order valence-electron chi connectivity index (χ4n) is 2.09. The topological polar surface area (TPSA) is 73.8 Å². The van der Waals surface area contributed by atoms with Crippen molar-refractivity contribution in [3.8, 4) is 0 Å². The van der Waals surface area contributed by atoms with Crippen LogP contribution in [0, 0.1) is 11.8 Å². The van der Waals surface area contributed by atoms with Gasteiger partial charge in [0.2, 0.25) is 0 Å². The first-order chi connectivity index (χ1) is 8.58. The molecule has 1 amide bonds. The lowest BCUT2D eigenvalue weighted by Gasteiger charge is -2.08. The maximum atomic E-state index is 11.3. The van der Waals surface area contributed by atoms with Crippen LogP contribution < -0.4 is 5.73 Å². The number of carbonyl (C=O) groups excluding carboxylic acids is 1. The second-order valence-electron chi connectivity index (χ2n) is 5.64. The molecule has 5 nitrogen and oxygen atoms in total. The minimum absolute atomic E-state index is 0.353. The van der Waals surface area contributed by atoms with Crippen molar-refractivity contribution in [2.45, 2.75) is 52.5 Å². The average Bonchev–Trinajstić information content (AvgIpc) is 3.03. The van der Waals surface area contributed by atoms with Gasteiger partial charge in [-0.25, -0.2) is 4.68 Å². The van der Waals surface area contributed by atoms with E-state index in [9.17, 15) is 4.79 Å². The van der Waals surface area contributed by atoms with E-state index in [-0.39, 0.29) is 0 Å². The fourth-order valence-corrected chi connectivity index (χ4v) is 2.09. The second-order valence-corrected chi connectivity index (χ2v) is 5.64. The smallest absolute Gasteiger partial charge is 0.271 e. The van der Waals surface area contributed by atoms with Gasteiger partial charge in [0.1, 0.15) is 0 Å². The summed E-state index contributed by atoms with van der Waals surface area (Å²) in [7, 11) is 0. The standard InChI is InChI=1S/C13H22N4O/c1-9(2)3-6-11-12(13(14)18)15-16-17(11)8-7-10-4-5-10/h9-10H,3-8H2,1-2H3,(H2,14,18). The molecule has 0 saturated heterocycles. The summed E-state index contributed by atoms with van der Waals surface area (Å²) in [5.74, 6) is 0.980. The highest BCUT2D eigenvalue weighted by molar-refractivity contribution is 5.91. The first-order valence-electron chi connectivity index (χ1n) is 6.80. The number of hydrogen-bond acceptors (Lipinski definition) is 3. The maximum Gasteiger partial charge on any atom is 0.271 e. The minimum Gasteiger partial charge on any atom is -0.364 e. The molecule has 1 aromatic rings. The molecule has 2 N–H and O–H groups in total. The Morgan fingerprint density at radius 1 is 1.50 bits per heavy atom. The highest BCUT2D eigenvalue weighted by atomic mass is 16.1. The summed E-state index contributed by atoms with van der Waals surface area (Å²) in [6.07, 6.45) is 5.65. The molecule has 0 aliphatic heterocycles. The predicted octanol–water partition coefficient (Wildman–Crippen LogP) is 1.77. The summed E-state index contributed by atoms with van der Waals surface area (Å²) in [5.41, 5.74) is 6.61. The number of nitrogens with zero attached hydrogens (tertiary/aromatic N) is 3. The van der Waals surface area contributed by atoms with Gasteiger partial charge in [-0.2, -0.15) is 0 Å². The van der Waals surface area contributed by atoms with Crippen molar-refractivity contribution in [2.24, 2.45) is 17.6 Å². The molecule has 0 atom stereocenters. The van der Waals surface area contributed by atoms with Gasteiger partial charge in [0, 0.05) is 6.54 Å². The van der Waals surface area contributed by atoms with Crippen molar-refractivity contribution >= 4 is 5.91 Å². The molecule has 0 spiro atoms. The Morgan fingerprint density at radius 3 is 2.78 bits per heavy atom. The molecule has 1 saturated carbocycles. The van der Waals surface area contributed by atoms with Crippen LogP contribution in [0.5, 0.6) is 0 Å². The molecule has 2 rings (SSSR count). The molecule has 1 aliphatic carbocycles. The lowest BCUT2D eigenvalue weighted by Crippen LogP contribution is -2.16. The first-order valence-corrected chi connectivity index (χ1v) is 6.80. The molecule has 1 aliphatic rings. The predicted molar refractivity (Wildman–Crippen MR) is 69.0 cm³/mol. The Kier molecular flexibility index (Phi) is 3.99. The molecule has 1 fully saturated rings. The lowest BCUT2D eigenvalue weighted by molar-refractivity contribution is 0.0994.